The highest BCUT2D eigenvalue weighted by Gasteiger charge is 2.24. The number of nitrogens with zero attached hydrogens (tertiary/aromatic N) is 1. The van der Waals surface area contributed by atoms with Crippen molar-refractivity contribution in [3.8, 4) is 0 Å². The van der Waals surface area contributed by atoms with E-state index in [2.05, 4.69) is 16.4 Å². The second-order valence-corrected chi connectivity index (χ2v) is 7.21. The number of phosphoric ester groups is 1. The van der Waals surface area contributed by atoms with E-state index in [4.69, 9.17) is 4.52 Å². The zero-order valence-electron chi connectivity index (χ0n) is 13.0. The molecule has 21 heavy (non-hydrogen) atoms. The topological polar surface area (TPSA) is 105 Å². The molecule has 0 aliphatic rings. The molecule has 0 radical (unpaired) electrons. The van der Waals surface area contributed by atoms with Crippen molar-refractivity contribution in [2.24, 2.45) is 0 Å². The van der Waals surface area contributed by atoms with Crippen LogP contribution < -0.4 is 5.32 Å². The molecular formula is C12H26N2O6P+. The van der Waals surface area contributed by atoms with Gasteiger partial charge in [0, 0.05) is 12.1 Å². The van der Waals surface area contributed by atoms with Crippen molar-refractivity contribution >= 4 is 13.7 Å². The third kappa shape index (κ3) is 11.6. The molecule has 2 atom stereocenters. The molecule has 0 fully saturated rings. The number of carbonyl (C=O) groups excluding carboxylic acids is 1. The average molecular weight is 325 g/mol. The van der Waals surface area contributed by atoms with E-state index in [-0.39, 0.29) is 13.2 Å². The number of quaternary nitrogens is 1. The molecule has 0 rings (SSSR count). The Morgan fingerprint density at radius 3 is 2.43 bits per heavy atom. The summed E-state index contributed by atoms with van der Waals surface area (Å²) in [5, 5.41) is 11.9. The zero-order chi connectivity index (χ0) is 16.7. The molecule has 0 aromatic carbocycles. The van der Waals surface area contributed by atoms with E-state index in [0.717, 1.165) is 0 Å². The molecule has 0 aromatic heterocycles. The average Bonchev–Trinajstić information content (AvgIpc) is 2.31. The van der Waals surface area contributed by atoms with Crippen LogP contribution in [0.1, 0.15) is 6.92 Å². The first-order chi connectivity index (χ1) is 9.43. The zero-order valence-corrected chi connectivity index (χ0v) is 13.9. The Balaban J connectivity index is 3.99. The monoisotopic (exact) mass is 325 g/mol. The molecule has 0 aliphatic carbocycles. The molecule has 3 N–H and O–H groups in total. The highest BCUT2D eigenvalue weighted by atomic mass is 31.2. The molecular weight excluding hydrogens is 299 g/mol. The van der Waals surface area contributed by atoms with Gasteiger partial charge >= 0.3 is 7.82 Å². The summed E-state index contributed by atoms with van der Waals surface area (Å²) in [6, 6.07) is 0. The van der Waals surface area contributed by atoms with Gasteiger partial charge in [0.25, 0.3) is 0 Å². The summed E-state index contributed by atoms with van der Waals surface area (Å²) in [5.41, 5.74) is 0.305. The Labute approximate surface area is 125 Å². The minimum Gasteiger partial charge on any atom is -0.389 e. The second kappa shape index (κ2) is 8.63. The molecule has 0 aliphatic heterocycles. The summed E-state index contributed by atoms with van der Waals surface area (Å²) in [6.07, 6.45) is -1.12. The number of aliphatic hydroxyl groups is 1. The van der Waals surface area contributed by atoms with Gasteiger partial charge in [0.05, 0.1) is 33.9 Å². The molecule has 0 saturated heterocycles. The molecule has 2 unspecified atom stereocenters. The van der Waals surface area contributed by atoms with Crippen molar-refractivity contribution in [1.82, 2.24) is 5.32 Å². The number of carbonyl (C=O) groups is 1. The highest BCUT2D eigenvalue weighted by Crippen LogP contribution is 2.43. The van der Waals surface area contributed by atoms with E-state index in [1.807, 2.05) is 21.1 Å². The fourth-order valence-corrected chi connectivity index (χ4v) is 1.82. The van der Waals surface area contributed by atoms with Gasteiger partial charge in [-0.1, -0.05) is 6.58 Å². The normalized spacial score (nSPS) is 16.1. The predicted molar refractivity (Wildman–Crippen MR) is 78.5 cm³/mol. The molecule has 9 heteroatoms. The van der Waals surface area contributed by atoms with Gasteiger partial charge < -0.3 is 19.8 Å². The number of rotatable bonds is 10. The summed E-state index contributed by atoms with van der Waals surface area (Å²) in [6.45, 7) is 5.03. The van der Waals surface area contributed by atoms with Crippen LogP contribution in [0.3, 0.4) is 0 Å². The van der Waals surface area contributed by atoms with Crippen molar-refractivity contribution < 1.29 is 32.9 Å². The van der Waals surface area contributed by atoms with Crippen molar-refractivity contribution in [2.75, 3.05) is 47.4 Å². The summed E-state index contributed by atoms with van der Waals surface area (Å²) in [7, 11) is 1.55. The maximum Gasteiger partial charge on any atom is 0.472 e. The van der Waals surface area contributed by atoms with Crippen LogP contribution in [0.4, 0.5) is 0 Å². The van der Waals surface area contributed by atoms with E-state index in [0.29, 0.717) is 16.6 Å². The molecule has 124 valence electrons. The van der Waals surface area contributed by atoms with E-state index in [1.165, 1.54) is 6.92 Å². The Morgan fingerprint density at radius 1 is 1.38 bits per heavy atom. The van der Waals surface area contributed by atoms with Crippen molar-refractivity contribution in [3.63, 3.8) is 0 Å². The van der Waals surface area contributed by atoms with E-state index >= 15 is 0 Å². The van der Waals surface area contributed by atoms with Gasteiger partial charge in [-0.25, -0.2) is 4.57 Å². The number of phosphoric acid groups is 1. The van der Waals surface area contributed by atoms with Crippen LogP contribution in [-0.4, -0.2) is 73.9 Å². The van der Waals surface area contributed by atoms with Crippen LogP contribution in [0.2, 0.25) is 0 Å². The number of amides is 1. The molecule has 0 heterocycles. The fraction of sp³-hybridized carbons (Fsp3) is 0.750. The number of hydrogen-bond donors (Lipinski definition) is 3. The van der Waals surface area contributed by atoms with E-state index < -0.39 is 26.4 Å². The van der Waals surface area contributed by atoms with Crippen LogP contribution in [-0.2, 0) is 18.4 Å². The van der Waals surface area contributed by atoms with Gasteiger partial charge in [-0.2, -0.15) is 0 Å². The number of hydrogen-bond acceptors (Lipinski definition) is 5. The molecule has 0 saturated carbocycles. The number of nitrogens with one attached hydrogen (secondary N) is 1. The Hall–Kier alpha value is -0.760. The Bertz CT molecular complexity index is 407. The van der Waals surface area contributed by atoms with E-state index in [9.17, 15) is 19.4 Å². The molecule has 1 amide bonds. The largest absolute Gasteiger partial charge is 0.472 e. The van der Waals surface area contributed by atoms with Crippen molar-refractivity contribution in [2.45, 2.75) is 13.0 Å². The van der Waals surface area contributed by atoms with Gasteiger partial charge in [0.15, 0.2) is 0 Å². The maximum atomic E-state index is 11.5. The quantitative estimate of drug-likeness (QED) is 0.294. The predicted octanol–water partition coefficient (Wildman–Crippen LogP) is -0.121. The Morgan fingerprint density at radius 2 is 1.95 bits per heavy atom. The molecule has 0 bridgehead atoms. The first-order valence-corrected chi connectivity index (χ1v) is 7.96. The first-order valence-electron chi connectivity index (χ1n) is 6.47. The number of aliphatic hydroxyl groups excluding tert-OH is 1. The lowest BCUT2D eigenvalue weighted by Gasteiger charge is -2.24. The lowest BCUT2D eigenvalue weighted by atomic mass is 10.3. The van der Waals surface area contributed by atoms with Gasteiger partial charge in [0.2, 0.25) is 5.91 Å². The van der Waals surface area contributed by atoms with Gasteiger partial charge in [-0.3, -0.25) is 13.8 Å². The maximum absolute atomic E-state index is 11.5. The van der Waals surface area contributed by atoms with Crippen LogP contribution in [0.25, 0.3) is 0 Å². The third-order valence-electron chi connectivity index (χ3n) is 2.33. The summed E-state index contributed by atoms with van der Waals surface area (Å²) < 4.78 is 21.6. The smallest absolute Gasteiger partial charge is 0.389 e. The molecule has 0 aromatic rings. The molecule has 8 nitrogen and oxygen atoms in total. The highest BCUT2D eigenvalue weighted by molar-refractivity contribution is 7.47. The van der Waals surface area contributed by atoms with Gasteiger partial charge in [-0.05, 0) is 6.92 Å². The molecule has 0 spiro atoms. The van der Waals surface area contributed by atoms with Crippen molar-refractivity contribution in [1.29, 1.82) is 0 Å². The lowest BCUT2D eigenvalue weighted by molar-refractivity contribution is -0.870. The standard InChI is InChI=1S/C12H25N2O6P/c1-10(2)12(16)13-8-11(15)9-20-21(17,18)19-7-6-14(3,4)5/h11,15H,1,6-9H2,2-5H3,(H-,13,16,17,18)/p+1. The SMILES string of the molecule is C=C(C)C(=O)NCC(O)COP(=O)(O)OCC[N+](C)(C)C. The van der Waals surface area contributed by atoms with E-state index in [1.54, 1.807) is 0 Å². The second-order valence-electron chi connectivity index (χ2n) is 5.76. The van der Waals surface area contributed by atoms with Gasteiger partial charge in [-0.15, -0.1) is 0 Å². The van der Waals surface area contributed by atoms with Crippen LogP contribution in [0, 0.1) is 0 Å². The summed E-state index contributed by atoms with van der Waals surface area (Å²) in [4.78, 5) is 20.6. The lowest BCUT2D eigenvalue weighted by Crippen LogP contribution is -2.37. The Kier molecular flexibility index (Phi) is 8.31. The van der Waals surface area contributed by atoms with Crippen LogP contribution >= 0.6 is 7.82 Å². The third-order valence-corrected chi connectivity index (χ3v) is 3.32. The fourth-order valence-electron chi connectivity index (χ4n) is 1.07. The minimum atomic E-state index is -4.20. The number of likely N-dealkylation sites (N-methyl/N-ethyl adjacent to an activating group) is 1. The van der Waals surface area contributed by atoms with Crippen LogP contribution in [0.15, 0.2) is 12.2 Å². The first kappa shape index (κ1) is 20.2. The summed E-state index contributed by atoms with van der Waals surface area (Å²) >= 11 is 0. The summed E-state index contributed by atoms with van der Waals surface area (Å²) in [5.74, 6) is -0.402. The minimum absolute atomic E-state index is 0.0553. The van der Waals surface area contributed by atoms with Crippen molar-refractivity contribution in [3.05, 3.63) is 12.2 Å². The van der Waals surface area contributed by atoms with Crippen LogP contribution in [0.5, 0.6) is 0 Å². The van der Waals surface area contributed by atoms with Gasteiger partial charge in [0.1, 0.15) is 13.2 Å².